The fourth-order valence-electron chi connectivity index (χ4n) is 2.40. The SMILES string of the molecule is O=C1CC(Nc2ccccc2Br)C(=O)N1c1ccccc1F. The van der Waals surface area contributed by atoms with Gasteiger partial charge in [-0.2, -0.15) is 0 Å². The number of hydrogen-bond acceptors (Lipinski definition) is 3. The molecule has 0 bridgehead atoms. The first kappa shape index (κ1) is 14.7. The van der Waals surface area contributed by atoms with Gasteiger partial charge in [-0.15, -0.1) is 0 Å². The highest BCUT2D eigenvalue weighted by atomic mass is 79.9. The molecule has 0 aliphatic carbocycles. The predicted molar refractivity (Wildman–Crippen MR) is 85.1 cm³/mol. The highest BCUT2D eigenvalue weighted by Crippen LogP contribution is 2.29. The molecule has 1 aliphatic heterocycles. The predicted octanol–water partition coefficient (Wildman–Crippen LogP) is 3.33. The second-order valence-electron chi connectivity index (χ2n) is 4.90. The number of carbonyl (C=O) groups excluding carboxylic acids is 2. The lowest BCUT2D eigenvalue weighted by Crippen LogP contribution is -2.35. The fraction of sp³-hybridized carbons (Fsp3) is 0.125. The van der Waals surface area contributed by atoms with Crippen LogP contribution >= 0.6 is 15.9 Å². The van der Waals surface area contributed by atoms with Crippen molar-refractivity contribution in [2.75, 3.05) is 10.2 Å². The molecule has 1 aliphatic rings. The number of hydrogen-bond donors (Lipinski definition) is 1. The third-order valence-electron chi connectivity index (χ3n) is 3.44. The largest absolute Gasteiger partial charge is 0.372 e. The van der Waals surface area contributed by atoms with Crippen LogP contribution in [0.25, 0.3) is 0 Å². The van der Waals surface area contributed by atoms with Gasteiger partial charge in [0.1, 0.15) is 11.9 Å². The first-order valence-electron chi connectivity index (χ1n) is 6.70. The van der Waals surface area contributed by atoms with E-state index in [1.807, 2.05) is 18.2 Å². The Morgan fingerprint density at radius 2 is 1.77 bits per heavy atom. The van der Waals surface area contributed by atoms with Gasteiger partial charge in [-0.1, -0.05) is 24.3 Å². The highest BCUT2D eigenvalue weighted by molar-refractivity contribution is 9.10. The van der Waals surface area contributed by atoms with E-state index in [0.717, 1.165) is 9.37 Å². The zero-order valence-corrected chi connectivity index (χ0v) is 13.0. The second kappa shape index (κ2) is 5.88. The zero-order chi connectivity index (χ0) is 15.7. The molecule has 1 unspecified atom stereocenters. The summed E-state index contributed by atoms with van der Waals surface area (Å²) in [4.78, 5) is 25.5. The van der Waals surface area contributed by atoms with Crippen LogP contribution in [0.4, 0.5) is 15.8 Å². The van der Waals surface area contributed by atoms with E-state index >= 15 is 0 Å². The maximum absolute atomic E-state index is 13.8. The first-order valence-corrected chi connectivity index (χ1v) is 7.49. The van der Waals surface area contributed by atoms with Gasteiger partial charge in [0, 0.05) is 10.2 Å². The summed E-state index contributed by atoms with van der Waals surface area (Å²) in [5, 5.41) is 3.03. The molecule has 2 amide bonds. The Morgan fingerprint density at radius 1 is 1.09 bits per heavy atom. The number of nitrogens with one attached hydrogen (secondary N) is 1. The van der Waals surface area contributed by atoms with Crippen LogP contribution in [0, 0.1) is 5.82 Å². The number of imide groups is 1. The molecule has 2 aromatic carbocycles. The average molecular weight is 363 g/mol. The lowest BCUT2D eigenvalue weighted by molar-refractivity contribution is -0.121. The molecule has 1 fully saturated rings. The number of rotatable bonds is 3. The van der Waals surface area contributed by atoms with Gasteiger partial charge >= 0.3 is 0 Å². The molecule has 0 saturated carbocycles. The van der Waals surface area contributed by atoms with E-state index in [1.54, 1.807) is 12.1 Å². The van der Waals surface area contributed by atoms with Crippen molar-refractivity contribution in [1.82, 2.24) is 0 Å². The van der Waals surface area contributed by atoms with Crippen LogP contribution in [-0.4, -0.2) is 17.9 Å². The fourth-order valence-corrected chi connectivity index (χ4v) is 2.80. The van der Waals surface area contributed by atoms with E-state index in [-0.39, 0.29) is 12.1 Å². The molecule has 4 nitrogen and oxygen atoms in total. The molecule has 112 valence electrons. The molecule has 0 radical (unpaired) electrons. The van der Waals surface area contributed by atoms with E-state index < -0.39 is 23.7 Å². The van der Waals surface area contributed by atoms with Crippen molar-refractivity contribution in [3.05, 3.63) is 58.8 Å². The zero-order valence-electron chi connectivity index (χ0n) is 11.4. The van der Waals surface area contributed by atoms with Crippen molar-refractivity contribution < 1.29 is 14.0 Å². The molecule has 1 saturated heterocycles. The standard InChI is InChI=1S/C16H12BrFN2O2/c17-10-5-1-3-7-12(10)19-13-9-15(21)20(16(13)22)14-8-4-2-6-11(14)18/h1-8,13,19H,9H2. The third-order valence-corrected chi connectivity index (χ3v) is 4.14. The lowest BCUT2D eigenvalue weighted by Gasteiger charge is -2.17. The monoisotopic (exact) mass is 362 g/mol. The summed E-state index contributed by atoms with van der Waals surface area (Å²) < 4.78 is 14.6. The minimum atomic E-state index is -0.703. The van der Waals surface area contributed by atoms with Gasteiger partial charge in [-0.25, -0.2) is 9.29 Å². The third kappa shape index (κ3) is 2.62. The van der Waals surface area contributed by atoms with Crippen molar-refractivity contribution in [2.45, 2.75) is 12.5 Å². The number of nitrogens with zero attached hydrogens (tertiary/aromatic N) is 1. The Morgan fingerprint density at radius 3 is 2.50 bits per heavy atom. The maximum Gasteiger partial charge on any atom is 0.256 e. The smallest absolute Gasteiger partial charge is 0.256 e. The molecule has 22 heavy (non-hydrogen) atoms. The minimum absolute atomic E-state index is 0.00545. The Labute approximate surface area is 135 Å². The molecular weight excluding hydrogens is 351 g/mol. The molecule has 1 atom stereocenters. The normalized spacial score (nSPS) is 17.9. The number of benzene rings is 2. The summed E-state index contributed by atoms with van der Waals surface area (Å²) in [6.45, 7) is 0. The number of halogens is 2. The van der Waals surface area contributed by atoms with Crippen molar-refractivity contribution >= 4 is 39.1 Å². The van der Waals surface area contributed by atoms with E-state index in [9.17, 15) is 14.0 Å². The van der Waals surface area contributed by atoms with Crippen molar-refractivity contribution in [3.8, 4) is 0 Å². The average Bonchev–Trinajstić information content (AvgIpc) is 2.77. The van der Waals surface area contributed by atoms with E-state index in [1.165, 1.54) is 18.2 Å². The van der Waals surface area contributed by atoms with Crippen LogP contribution in [-0.2, 0) is 9.59 Å². The van der Waals surface area contributed by atoms with E-state index in [2.05, 4.69) is 21.2 Å². The van der Waals surface area contributed by atoms with Gasteiger partial charge in [0.15, 0.2) is 0 Å². The van der Waals surface area contributed by atoms with E-state index in [0.29, 0.717) is 5.69 Å². The first-order chi connectivity index (χ1) is 10.6. The number of amides is 2. The van der Waals surface area contributed by atoms with Gasteiger partial charge < -0.3 is 5.32 Å². The number of carbonyl (C=O) groups is 2. The van der Waals surface area contributed by atoms with Crippen molar-refractivity contribution in [3.63, 3.8) is 0 Å². The number of para-hydroxylation sites is 2. The van der Waals surface area contributed by atoms with Gasteiger partial charge in [-0.05, 0) is 40.2 Å². The van der Waals surface area contributed by atoms with Gasteiger partial charge in [0.05, 0.1) is 12.1 Å². The molecule has 0 aromatic heterocycles. The molecule has 1 heterocycles. The minimum Gasteiger partial charge on any atom is -0.372 e. The summed E-state index contributed by atoms with van der Waals surface area (Å²) in [5.74, 6) is -1.46. The van der Waals surface area contributed by atoms with E-state index in [4.69, 9.17) is 0 Å². The summed E-state index contributed by atoms with van der Waals surface area (Å²) in [6, 6.07) is 12.4. The topological polar surface area (TPSA) is 49.4 Å². The molecule has 1 N–H and O–H groups in total. The summed E-state index contributed by atoms with van der Waals surface area (Å²) in [7, 11) is 0. The van der Waals surface area contributed by atoms with Gasteiger partial charge in [0.2, 0.25) is 5.91 Å². The Balaban J connectivity index is 1.86. The molecule has 3 rings (SSSR count). The van der Waals surface area contributed by atoms with Crippen LogP contribution < -0.4 is 10.2 Å². The van der Waals surface area contributed by atoms with Crippen LogP contribution in [0.1, 0.15) is 6.42 Å². The van der Waals surface area contributed by atoms with Crippen molar-refractivity contribution in [1.29, 1.82) is 0 Å². The van der Waals surface area contributed by atoms with Gasteiger partial charge in [0.25, 0.3) is 5.91 Å². The lowest BCUT2D eigenvalue weighted by atomic mass is 10.2. The van der Waals surface area contributed by atoms with Gasteiger partial charge in [-0.3, -0.25) is 9.59 Å². The molecule has 0 spiro atoms. The molecule has 2 aromatic rings. The summed E-state index contributed by atoms with van der Waals surface area (Å²) in [5.41, 5.74) is 0.706. The highest BCUT2D eigenvalue weighted by Gasteiger charge is 2.40. The maximum atomic E-state index is 13.8. The molecule has 6 heteroatoms. The van der Waals surface area contributed by atoms with Crippen LogP contribution in [0.2, 0.25) is 0 Å². The van der Waals surface area contributed by atoms with Crippen LogP contribution in [0.3, 0.4) is 0 Å². The van der Waals surface area contributed by atoms with Crippen molar-refractivity contribution in [2.24, 2.45) is 0 Å². The Bertz CT molecular complexity index is 750. The summed E-state index contributed by atoms with van der Waals surface area (Å²) in [6.07, 6.45) is -0.00545. The van der Waals surface area contributed by atoms with Crippen LogP contribution in [0.5, 0.6) is 0 Å². The molecular formula is C16H12BrFN2O2. The second-order valence-corrected chi connectivity index (χ2v) is 5.75. The van der Waals surface area contributed by atoms with Crippen LogP contribution in [0.15, 0.2) is 53.0 Å². The Hall–Kier alpha value is -2.21. The number of anilines is 2. The quantitative estimate of drug-likeness (QED) is 0.852. The Kier molecular flexibility index (Phi) is 3.94. The summed E-state index contributed by atoms with van der Waals surface area (Å²) >= 11 is 3.38.